The fraction of sp³-hybridized carbons (Fsp3) is 0.391. The van der Waals surface area contributed by atoms with Crippen molar-refractivity contribution in [2.75, 3.05) is 13.2 Å². The molecule has 0 heterocycles. The lowest BCUT2D eigenvalue weighted by Crippen LogP contribution is -2.40. The number of hydrogen-bond donors (Lipinski definition) is 0. The van der Waals surface area contributed by atoms with Crippen molar-refractivity contribution in [3.05, 3.63) is 65.7 Å². The highest BCUT2D eigenvalue weighted by molar-refractivity contribution is 5.99. The lowest BCUT2D eigenvalue weighted by Gasteiger charge is -2.25. The van der Waals surface area contributed by atoms with E-state index in [9.17, 15) is 9.59 Å². The van der Waals surface area contributed by atoms with E-state index < -0.39 is 17.4 Å². The number of carbonyl (C=O) groups excluding carboxylic acids is 2. The summed E-state index contributed by atoms with van der Waals surface area (Å²) in [5, 5.41) is 0. The monoisotopic (exact) mass is 384 g/mol. The molecule has 150 valence electrons. The van der Waals surface area contributed by atoms with Crippen LogP contribution in [0.2, 0.25) is 0 Å². The summed E-state index contributed by atoms with van der Waals surface area (Å²) in [4.78, 5) is 24.7. The Hall–Kier alpha value is -2.82. The number of rotatable bonds is 10. The van der Waals surface area contributed by atoms with E-state index in [1.54, 1.807) is 20.8 Å². The summed E-state index contributed by atoms with van der Waals surface area (Å²) in [7, 11) is 0. The molecule has 0 aliphatic carbocycles. The van der Waals surface area contributed by atoms with Crippen LogP contribution >= 0.6 is 0 Å². The molecule has 0 fully saturated rings. The third-order valence-corrected chi connectivity index (χ3v) is 4.54. The summed E-state index contributed by atoms with van der Waals surface area (Å²) in [5.41, 5.74) is 0.798. The SMILES string of the molecule is CCOC(=O)C(C)(CCc1ccc(OCc2ccccc2)cc1)C(=O)OCC. The van der Waals surface area contributed by atoms with Crippen molar-refractivity contribution in [1.29, 1.82) is 0 Å². The molecular formula is C23H28O5. The Balaban J connectivity index is 1.97. The highest BCUT2D eigenvalue weighted by Gasteiger charge is 2.43. The van der Waals surface area contributed by atoms with Gasteiger partial charge in [-0.1, -0.05) is 42.5 Å². The molecule has 2 aromatic carbocycles. The Labute approximate surface area is 166 Å². The van der Waals surface area contributed by atoms with E-state index in [2.05, 4.69) is 0 Å². The lowest BCUT2D eigenvalue weighted by molar-refractivity contribution is -0.171. The topological polar surface area (TPSA) is 61.8 Å². The molecule has 0 saturated heterocycles. The molecule has 0 aliphatic heterocycles. The van der Waals surface area contributed by atoms with Gasteiger partial charge in [0, 0.05) is 0 Å². The molecule has 0 N–H and O–H groups in total. The second-order valence-electron chi connectivity index (χ2n) is 6.69. The van der Waals surface area contributed by atoms with Gasteiger partial charge < -0.3 is 14.2 Å². The van der Waals surface area contributed by atoms with Crippen LogP contribution in [0.5, 0.6) is 5.75 Å². The van der Waals surface area contributed by atoms with Gasteiger partial charge in [0.1, 0.15) is 12.4 Å². The van der Waals surface area contributed by atoms with Gasteiger partial charge in [-0.2, -0.15) is 0 Å². The van der Waals surface area contributed by atoms with Crippen molar-refractivity contribution in [2.24, 2.45) is 5.41 Å². The number of aryl methyl sites for hydroxylation is 1. The van der Waals surface area contributed by atoms with Crippen LogP contribution in [0.25, 0.3) is 0 Å². The van der Waals surface area contributed by atoms with Crippen molar-refractivity contribution in [2.45, 2.75) is 40.2 Å². The van der Waals surface area contributed by atoms with E-state index in [-0.39, 0.29) is 13.2 Å². The van der Waals surface area contributed by atoms with Crippen LogP contribution in [0, 0.1) is 5.41 Å². The van der Waals surface area contributed by atoms with Gasteiger partial charge in [0.2, 0.25) is 0 Å². The first-order valence-electron chi connectivity index (χ1n) is 9.59. The zero-order chi connectivity index (χ0) is 20.4. The van der Waals surface area contributed by atoms with Gasteiger partial charge in [0.25, 0.3) is 0 Å². The predicted octanol–water partition coefficient (Wildman–Crippen LogP) is 4.33. The molecule has 5 heteroatoms. The number of carbonyl (C=O) groups is 2. The third kappa shape index (κ3) is 5.84. The molecule has 0 radical (unpaired) electrons. The zero-order valence-electron chi connectivity index (χ0n) is 16.8. The zero-order valence-corrected chi connectivity index (χ0v) is 16.8. The van der Waals surface area contributed by atoms with E-state index in [0.717, 1.165) is 16.9 Å². The Morgan fingerprint density at radius 2 is 1.39 bits per heavy atom. The third-order valence-electron chi connectivity index (χ3n) is 4.54. The molecule has 0 spiro atoms. The van der Waals surface area contributed by atoms with E-state index in [1.807, 2.05) is 54.6 Å². The van der Waals surface area contributed by atoms with Crippen LogP contribution in [0.1, 0.15) is 38.3 Å². The molecule has 2 rings (SSSR count). The molecule has 0 atom stereocenters. The van der Waals surface area contributed by atoms with Crippen molar-refractivity contribution in [3.8, 4) is 5.75 Å². The second-order valence-corrected chi connectivity index (χ2v) is 6.69. The molecule has 28 heavy (non-hydrogen) atoms. The van der Waals surface area contributed by atoms with Gasteiger partial charge in [-0.05, 0) is 56.9 Å². The van der Waals surface area contributed by atoms with Crippen molar-refractivity contribution in [3.63, 3.8) is 0 Å². The fourth-order valence-electron chi connectivity index (χ4n) is 2.76. The molecule has 0 amide bonds. The lowest BCUT2D eigenvalue weighted by atomic mass is 9.84. The van der Waals surface area contributed by atoms with Gasteiger partial charge in [-0.15, -0.1) is 0 Å². The maximum absolute atomic E-state index is 12.3. The van der Waals surface area contributed by atoms with Crippen LogP contribution in [0.15, 0.2) is 54.6 Å². The number of esters is 2. The molecule has 0 saturated carbocycles. The van der Waals surface area contributed by atoms with Crippen LogP contribution in [0.4, 0.5) is 0 Å². The molecule has 0 unspecified atom stereocenters. The minimum absolute atomic E-state index is 0.223. The van der Waals surface area contributed by atoms with Crippen LogP contribution < -0.4 is 4.74 Å². The van der Waals surface area contributed by atoms with E-state index in [4.69, 9.17) is 14.2 Å². The van der Waals surface area contributed by atoms with Gasteiger partial charge in [0.05, 0.1) is 13.2 Å². The predicted molar refractivity (Wildman–Crippen MR) is 107 cm³/mol. The van der Waals surface area contributed by atoms with Gasteiger partial charge in [-0.3, -0.25) is 9.59 Å². The average molecular weight is 384 g/mol. The molecule has 5 nitrogen and oxygen atoms in total. The van der Waals surface area contributed by atoms with Crippen molar-refractivity contribution < 1.29 is 23.8 Å². The summed E-state index contributed by atoms with van der Waals surface area (Å²) in [5.74, 6) is -0.321. The van der Waals surface area contributed by atoms with Crippen molar-refractivity contribution >= 4 is 11.9 Å². The maximum Gasteiger partial charge on any atom is 0.323 e. The largest absolute Gasteiger partial charge is 0.489 e. The normalized spacial score (nSPS) is 11.0. The molecule has 0 aromatic heterocycles. The first kappa shape index (κ1) is 21.5. The van der Waals surface area contributed by atoms with Crippen molar-refractivity contribution in [1.82, 2.24) is 0 Å². The Morgan fingerprint density at radius 1 is 0.821 bits per heavy atom. The molecule has 2 aromatic rings. The first-order chi connectivity index (χ1) is 13.5. The second kappa shape index (κ2) is 10.5. The van der Waals surface area contributed by atoms with Gasteiger partial charge >= 0.3 is 11.9 Å². The van der Waals surface area contributed by atoms with Gasteiger partial charge in [-0.25, -0.2) is 0 Å². The fourth-order valence-corrected chi connectivity index (χ4v) is 2.76. The number of hydrogen-bond acceptors (Lipinski definition) is 5. The van der Waals surface area contributed by atoms with Crippen LogP contribution in [-0.4, -0.2) is 25.2 Å². The van der Waals surface area contributed by atoms with Crippen LogP contribution in [-0.2, 0) is 32.1 Å². The van der Waals surface area contributed by atoms with Crippen LogP contribution in [0.3, 0.4) is 0 Å². The summed E-state index contributed by atoms with van der Waals surface area (Å²) in [6, 6.07) is 17.6. The highest BCUT2D eigenvalue weighted by atomic mass is 16.6. The smallest absolute Gasteiger partial charge is 0.323 e. The Morgan fingerprint density at radius 3 is 1.93 bits per heavy atom. The molecule has 0 aliphatic rings. The average Bonchev–Trinajstić information content (AvgIpc) is 2.72. The minimum atomic E-state index is -1.31. The quantitative estimate of drug-likeness (QED) is 0.451. The standard InChI is InChI=1S/C23H28O5/c1-4-26-21(24)23(3,22(25)27-5-2)16-15-18-11-13-20(14-12-18)28-17-19-9-7-6-8-10-19/h6-14H,4-5,15-17H2,1-3H3. The summed E-state index contributed by atoms with van der Waals surface area (Å²) in [6.07, 6.45) is 0.863. The minimum Gasteiger partial charge on any atom is -0.489 e. The van der Waals surface area contributed by atoms with Gasteiger partial charge in [0.15, 0.2) is 5.41 Å². The summed E-state index contributed by atoms with van der Waals surface area (Å²) < 4.78 is 16.0. The molecule has 0 bridgehead atoms. The number of ether oxygens (including phenoxy) is 3. The Kier molecular flexibility index (Phi) is 8.05. The molecular weight excluding hydrogens is 356 g/mol. The highest BCUT2D eigenvalue weighted by Crippen LogP contribution is 2.28. The number of benzene rings is 2. The first-order valence-corrected chi connectivity index (χ1v) is 9.59. The van der Waals surface area contributed by atoms with E-state index in [0.29, 0.717) is 19.4 Å². The van der Waals surface area contributed by atoms with E-state index >= 15 is 0 Å². The Bertz CT molecular complexity index is 734. The van der Waals surface area contributed by atoms with E-state index in [1.165, 1.54) is 0 Å². The summed E-state index contributed by atoms with van der Waals surface area (Å²) in [6.45, 7) is 5.97. The summed E-state index contributed by atoms with van der Waals surface area (Å²) >= 11 is 0. The maximum atomic E-state index is 12.3.